The van der Waals surface area contributed by atoms with E-state index >= 15 is 0 Å². The van der Waals surface area contributed by atoms with Gasteiger partial charge in [-0.25, -0.2) is 0 Å². The molecule has 1 unspecified atom stereocenters. The fourth-order valence-electron chi connectivity index (χ4n) is 2.22. The monoisotopic (exact) mass is 237 g/mol. The lowest BCUT2D eigenvalue weighted by molar-refractivity contribution is -0.136. The minimum Gasteiger partial charge on any atom is -0.342 e. The minimum absolute atomic E-state index is 0.0873. The van der Waals surface area contributed by atoms with Gasteiger partial charge < -0.3 is 4.90 Å². The van der Waals surface area contributed by atoms with Gasteiger partial charge in [0.25, 0.3) is 0 Å². The molecule has 4 nitrogen and oxygen atoms in total. The minimum atomic E-state index is -0.0873. The number of hydrogen-bond donors (Lipinski definition) is 0. The summed E-state index contributed by atoms with van der Waals surface area (Å²) in [5.41, 5.74) is 0. The van der Waals surface area contributed by atoms with Crippen LogP contribution < -0.4 is 0 Å². The highest BCUT2D eigenvalue weighted by Gasteiger charge is 2.35. The van der Waals surface area contributed by atoms with Gasteiger partial charge in [-0.2, -0.15) is 5.26 Å². The summed E-state index contributed by atoms with van der Waals surface area (Å²) in [7, 11) is 0. The van der Waals surface area contributed by atoms with Crippen LogP contribution in [0.25, 0.3) is 0 Å². The molecule has 0 heterocycles. The van der Waals surface area contributed by atoms with Gasteiger partial charge in [0.05, 0.1) is 12.1 Å². The first-order valence-corrected chi connectivity index (χ1v) is 6.57. The van der Waals surface area contributed by atoms with Gasteiger partial charge >= 0.3 is 0 Å². The summed E-state index contributed by atoms with van der Waals surface area (Å²) in [6, 6.07) is 2.60. The zero-order valence-electron chi connectivity index (χ0n) is 11.1. The molecule has 0 aliphatic heterocycles. The number of rotatable bonds is 7. The number of nitrogens with zero attached hydrogens (tertiary/aromatic N) is 3. The predicted octanol–water partition coefficient (Wildman–Crippen LogP) is 1.62. The molecule has 1 rings (SSSR count). The molecule has 1 aliphatic rings. The summed E-state index contributed by atoms with van der Waals surface area (Å²) in [4.78, 5) is 16.3. The maximum Gasteiger partial charge on any atom is 0.239 e. The maximum absolute atomic E-state index is 12.2. The van der Waals surface area contributed by atoms with Crippen LogP contribution in [0.15, 0.2) is 0 Å². The summed E-state index contributed by atoms with van der Waals surface area (Å²) in [6.45, 7) is 8.22. The lowest BCUT2D eigenvalue weighted by atomic mass is 10.2. The molecule has 17 heavy (non-hydrogen) atoms. The van der Waals surface area contributed by atoms with Crippen molar-refractivity contribution in [2.45, 2.75) is 52.1 Å². The Bertz CT molecular complexity index is 290. The molecule has 1 saturated carbocycles. The first kappa shape index (κ1) is 14.0. The van der Waals surface area contributed by atoms with E-state index in [2.05, 4.69) is 11.0 Å². The Kier molecular flexibility index (Phi) is 5.43. The van der Waals surface area contributed by atoms with Crippen molar-refractivity contribution in [3.63, 3.8) is 0 Å². The molecule has 0 spiro atoms. The van der Waals surface area contributed by atoms with Crippen LogP contribution in [0, 0.1) is 11.3 Å². The molecule has 4 heteroatoms. The lowest BCUT2D eigenvalue weighted by Gasteiger charge is -2.31. The van der Waals surface area contributed by atoms with E-state index in [1.807, 2.05) is 25.7 Å². The average Bonchev–Trinajstić information content (AvgIpc) is 3.15. The van der Waals surface area contributed by atoms with Crippen molar-refractivity contribution in [1.82, 2.24) is 9.80 Å². The molecule has 1 fully saturated rings. The summed E-state index contributed by atoms with van der Waals surface area (Å²) >= 11 is 0. The zero-order valence-corrected chi connectivity index (χ0v) is 11.1. The molecule has 1 amide bonds. The Morgan fingerprint density at radius 3 is 2.41 bits per heavy atom. The van der Waals surface area contributed by atoms with Gasteiger partial charge in [0.2, 0.25) is 5.91 Å². The first-order chi connectivity index (χ1) is 8.15. The van der Waals surface area contributed by atoms with Crippen molar-refractivity contribution in [3.8, 4) is 6.07 Å². The summed E-state index contributed by atoms with van der Waals surface area (Å²) in [5, 5.41) is 8.67. The van der Waals surface area contributed by atoms with Crippen LogP contribution in [0.2, 0.25) is 0 Å². The number of carbonyl (C=O) groups excluding carboxylic acids is 1. The molecule has 96 valence electrons. The quantitative estimate of drug-likeness (QED) is 0.676. The van der Waals surface area contributed by atoms with Gasteiger partial charge in [-0.1, -0.05) is 0 Å². The number of carbonyl (C=O) groups is 1. The average molecular weight is 237 g/mol. The van der Waals surface area contributed by atoms with Gasteiger partial charge in [-0.05, 0) is 33.6 Å². The molecule has 1 aliphatic carbocycles. The van der Waals surface area contributed by atoms with Crippen LogP contribution in [0.4, 0.5) is 0 Å². The van der Waals surface area contributed by atoms with Crippen LogP contribution in [-0.4, -0.2) is 47.4 Å². The third kappa shape index (κ3) is 3.71. The smallest absolute Gasteiger partial charge is 0.239 e. The summed E-state index contributed by atoms with van der Waals surface area (Å²) in [5.74, 6) is 0.194. The fraction of sp³-hybridized carbons (Fsp3) is 0.846. The second-order valence-electron chi connectivity index (χ2n) is 4.56. The second kappa shape index (κ2) is 6.61. The van der Waals surface area contributed by atoms with Crippen molar-refractivity contribution < 1.29 is 4.79 Å². The van der Waals surface area contributed by atoms with Crippen LogP contribution in [0.1, 0.15) is 40.0 Å². The lowest BCUT2D eigenvalue weighted by Crippen LogP contribution is -2.48. The van der Waals surface area contributed by atoms with Crippen LogP contribution in [-0.2, 0) is 4.79 Å². The molecule has 0 bridgehead atoms. The largest absolute Gasteiger partial charge is 0.342 e. The Morgan fingerprint density at radius 1 is 1.41 bits per heavy atom. The number of nitriles is 1. The Hall–Kier alpha value is -1.08. The van der Waals surface area contributed by atoms with Gasteiger partial charge in [-0.15, -0.1) is 0 Å². The molecule has 0 aromatic carbocycles. The van der Waals surface area contributed by atoms with Gasteiger partial charge in [-0.3, -0.25) is 9.69 Å². The number of amides is 1. The normalized spacial score (nSPS) is 16.6. The van der Waals surface area contributed by atoms with Crippen LogP contribution >= 0.6 is 0 Å². The SMILES string of the molecule is CCN(CC)C(=O)C(C)N(CCC#N)C1CC1. The summed E-state index contributed by atoms with van der Waals surface area (Å²) < 4.78 is 0. The van der Waals surface area contributed by atoms with Gasteiger partial charge in [0.1, 0.15) is 0 Å². The van der Waals surface area contributed by atoms with E-state index in [4.69, 9.17) is 5.26 Å². The van der Waals surface area contributed by atoms with E-state index in [9.17, 15) is 4.79 Å². The molecular formula is C13H23N3O. The van der Waals surface area contributed by atoms with Crippen molar-refractivity contribution >= 4 is 5.91 Å². The van der Waals surface area contributed by atoms with Crippen LogP contribution in [0.3, 0.4) is 0 Å². The van der Waals surface area contributed by atoms with Crippen molar-refractivity contribution in [3.05, 3.63) is 0 Å². The van der Waals surface area contributed by atoms with E-state index < -0.39 is 0 Å². The standard InChI is InChI=1S/C13H23N3O/c1-4-15(5-2)13(17)11(3)16(10-6-9-14)12-7-8-12/h11-12H,4-8,10H2,1-3H3. The third-order valence-corrected chi connectivity index (χ3v) is 3.43. The van der Waals surface area contributed by atoms with E-state index in [0.717, 1.165) is 19.6 Å². The molecule has 0 saturated heterocycles. The third-order valence-electron chi connectivity index (χ3n) is 3.43. The second-order valence-corrected chi connectivity index (χ2v) is 4.56. The Balaban J connectivity index is 2.60. The Labute approximate surface area is 104 Å². The molecular weight excluding hydrogens is 214 g/mol. The Morgan fingerprint density at radius 2 is 2.00 bits per heavy atom. The highest BCUT2D eigenvalue weighted by molar-refractivity contribution is 5.81. The number of hydrogen-bond acceptors (Lipinski definition) is 3. The fourth-order valence-corrected chi connectivity index (χ4v) is 2.22. The highest BCUT2D eigenvalue weighted by Crippen LogP contribution is 2.29. The number of likely N-dealkylation sites (N-methyl/N-ethyl adjacent to an activating group) is 1. The van der Waals surface area contributed by atoms with Crippen molar-refractivity contribution in [2.24, 2.45) is 0 Å². The topological polar surface area (TPSA) is 47.3 Å². The highest BCUT2D eigenvalue weighted by atomic mass is 16.2. The van der Waals surface area contributed by atoms with Gasteiger partial charge in [0, 0.05) is 32.1 Å². The molecule has 1 atom stereocenters. The predicted molar refractivity (Wildman–Crippen MR) is 67.3 cm³/mol. The maximum atomic E-state index is 12.2. The van der Waals surface area contributed by atoms with E-state index in [1.54, 1.807) is 0 Å². The molecule has 0 N–H and O–H groups in total. The summed E-state index contributed by atoms with van der Waals surface area (Å²) in [6.07, 6.45) is 2.84. The van der Waals surface area contributed by atoms with E-state index in [-0.39, 0.29) is 11.9 Å². The molecule has 0 aromatic rings. The van der Waals surface area contributed by atoms with E-state index in [0.29, 0.717) is 12.5 Å². The molecule has 0 aromatic heterocycles. The first-order valence-electron chi connectivity index (χ1n) is 6.57. The van der Waals surface area contributed by atoms with Gasteiger partial charge in [0.15, 0.2) is 0 Å². The van der Waals surface area contributed by atoms with Crippen molar-refractivity contribution in [2.75, 3.05) is 19.6 Å². The van der Waals surface area contributed by atoms with Crippen molar-refractivity contribution in [1.29, 1.82) is 5.26 Å². The van der Waals surface area contributed by atoms with Crippen LogP contribution in [0.5, 0.6) is 0 Å². The zero-order chi connectivity index (χ0) is 12.8. The van der Waals surface area contributed by atoms with E-state index in [1.165, 1.54) is 12.8 Å². The molecule has 0 radical (unpaired) electrons.